The van der Waals surface area contributed by atoms with Crippen LogP contribution in [0.2, 0.25) is 0 Å². The summed E-state index contributed by atoms with van der Waals surface area (Å²) < 4.78 is 45.3. The third kappa shape index (κ3) is 5.46. The van der Waals surface area contributed by atoms with Gasteiger partial charge in [0.05, 0.1) is 23.5 Å². The van der Waals surface area contributed by atoms with Gasteiger partial charge in [0.2, 0.25) is 11.2 Å². The number of hydrogen-bond acceptors (Lipinski definition) is 8. The molecule has 1 fully saturated rings. The molecule has 1 saturated heterocycles. The number of ether oxygens (including phenoxy) is 3. The van der Waals surface area contributed by atoms with Crippen molar-refractivity contribution in [2.45, 2.75) is 19.4 Å². The number of carbonyl (C=O) groups is 1. The van der Waals surface area contributed by atoms with Crippen molar-refractivity contribution in [3.8, 4) is 23.0 Å². The van der Waals surface area contributed by atoms with Gasteiger partial charge < -0.3 is 23.9 Å². The number of fused-ring (bicyclic) bond motifs is 1. The molecule has 0 aliphatic carbocycles. The largest absolute Gasteiger partial charge is 0.490 e. The highest BCUT2D eigenvalue weighted by Crippen LogP contribution is 2.31. The number of hydrogen-bond donors (Lipinski definition) is 1. The van der Waals surface area contributed by atoms with Crippen LogP contribution in [0.3, 0.4) is 0 Å². The quantitative estimate of drug-likeness (QED) is 0.530. The average Bonchev–Trinajstić information content (AvgIpc) is 3.13. The van der Waals surface area contributed by atoms with Gasteiger partial charge in [0.25, 0.3) is 5.91 Å². The maximum Gasteiger partial charge on any atom is 0.258 e. The predicted octanol–water partition coefficient (Wildman–Crippen LogP) is 2.67. The molecule has 1 aliphatic rings. The van der Waals surface area contributed by atoms with E-state index in [2.05, 4.69) is 5.32 Å². The molecule has 1 amide bonds. The van der Waals surface area contributed by atoms with E-state index in [0.717, 1.165) is 0 Å². The molecule has 4 rings (SSSR count). The highest BCUT2D eigenvalue weighted by molar-refractivity contribution is 7.91. The van der Waals surface area contributed by atoms with Crippen LogP contribution in [0.4, 0.5) is 0 Å². The molecule has 1 aromatic heterocycles. The van der Waals surface area contributed by atoms with Gasteiger partial charge >= 0.3 is 0 Å². The van der Waals surface area contributed by atoms with E-state index in [4.69, 9.17) is 18.6 Å². The lowest BCUT2D eigenvalue weighted by Crippen LogP contribution is -2.38. The van der Waals surface area contributed by atoms with Gasteiger partial charge in [-0.05, 0) is 37.6 Å². The molecule has 0 bridgehead atoms. The normalized spacial score (nSPS) is 16.9. The molecule has 33 heavy (non-hydrogen) atoms. The minimum Gasteiger partial charge on any atom is -0.490 e. The molecule has 2 aromatic carbocycles. The van der Waals surface area contributed by atoms with Crippen molar-refractivity contribution in [3.63, 3.8) is 0 Å². The summed E-state index contributed by atoms with van der Waals surface area (Å²) in [5.41, 5.74) is -0.0977. The average molecular weight is 474 g/mol. The van der Waals surface area contributed by atoms with Crippen LogP contribution in [0.15, 0.2) is 57.9 Å². The number of para-hydroxylation sites is 2. The summed E-state index contributed by atoms with van der Waals surface area (Å²) in [6.45, 7) is 2.01. The minimum atomic E-state index is -3.08. The van der Waals surface area contributed by atoms with Crippen molar-refractivity contribution < 1.29 is 31.8 Å². The lowest BCUT2D eigenvalue weighted by Gasteiger charge is -2.12. The predicted molar refractivity (Wildman–Crippen MR) is 121 cm³/mol. The fourth-order valence-corrected chi connectivity index (χ4v) is 5.18. The van der Waals surface area contributed by atoms with Crippen molar-refractivity contribution in [2.24, 2.45) is 0 Å². The third-order valence-electron chi connectivity index (χ3n) is 5.05. The molecule has 0 unspecified atom stereocenters. The maximum atomic E-state index is 12.8. The zero-order chi connectivity index (χ0) is 23.4. The summed E-state index contributed by atoms with van der Waals surface area (Å²) >= 11 is 0. The molecule has 1 aliphatic heterocycles. The number of sulfone groups is 1. The SMILES string of the molecule is CCOc1ccccc1Oc1coc2cc(OCC(=O)N[C@H]3CCS(=O)(=O)C3)ccc2c1=O. The summed E-state index contributed by atoms with van der Waals surface area (Å²) in [7, 11) is -3.08. The summed E-state index contributed by atoms with van der Waals surface area (Å²) in [5.74, 6) is 0.841. The Morgan fingerprint density at radius 3 is 2.64 bits per heavy atom. The second-order valence-corrected chi connectivity index (χ2v) is 9.75. The van der Waals surface area contributed by atoms with Gasteiger partial charge in [-0.1, -0.05) is 12.1 Å². The van der Waals surface area contributed by atoms with Gasteiger partial charge in [0.1, 0.15) is 17.6 Å². The Kier molecular flexibility index (Phi) is 6.55. The molecule has 1 atom stereocenters. The van der Waals surface area contributed by atoms with Crippen LogP contribution in [0.1, 0.15) is 13.3 Å². The van der Waals surface area contributed by atoms with Crippen LogP contribution in [-0.2, 0) is 14.6 Å². The number of rotatable bonds is 8. The van der Waals surface area contributed by atoms with Gasteiger partial charge in [0, 0.05) is 12.1 Å². The van der Waals surface area contributed by atoms with Crippen molar-refractivity contribution in [2.75, 3.05) is 24.7 Å². The Morgan fingerprint density at radius 2 is 1.91 bits per heavy atom. The first-order chi connectivity index (χ1) is 15.8. The van der Waals surface area contributed by atoms with E-state index >= 15 is 0 Å². The van der Waals surface area contributed by atoms with Crippen LogP contribution >= 0.6 is 0 Å². The first-order valence-electron chi connectivity index (χ1n) is 10.4. The fraction of sp³-hybridized carbons (Fsp3) is 0.304. The Morgan fingerprint density at radius 1 is 1.12 bits per heavy atom. The highest BCUT2D eigenvalue weighted by atomic mass is 32.2. The summed E-state index contributed by atoms with van der Waals surface area (Å²) in [4.78, 5) is 24.9. The Balaban J connectivity index is 1.44. The van der Waals surface area contributed by atoms with Gasteiger partial charge in [-0.2, -0.15) is 0 Å². The standard InChI is InChI=1S/C23H23NO8S/c1-2-29-18-5-3-4-6-19(18)32-21-12-31-20-11-16(7-8-17(20)23(21)26)30-13-22(25)24-15-9-10-33(27,28)14-15/h3-8,11-12,15H,2,9-10,13-14H2,1H3,(H,24,25)/t15-/m0/s1. The van der Waals surface area contributed by atoms with Crippen molar-refractivity contribution in [1.82, 2.24) is 5.32 Å². The van der Waals surface area contributed by atoms with Crippen LogP contribution in [-0.4, -0.2) is 45.1 Å². The van der Waals surface area contributed by atoms with Crippen LogP contribution in [0, 0.1) is 0 Å². The van der Waals surface area contributed by atoms with E-state index in [-0.39, 0.29) is 40.3 Å². The van der Waals surface area contributed by atoms with E-state index in [1.807, 2.05) is 6.92 Å². The van der Waals surface area contributed by atoms with E-state index in [1.165, 1.54) is 18.4 Å². The Bertz CT molecular complexity index is 1330. The third-order valence-corrected chi connectivity index (χ3v) is 6.82. The zero-order valence-corrected chi connectivity index (χ0v) is 18.7. The monoisotopic (exact) mass is 473 g/mol. The zero-order valence-electron chi connectivity index (χ0n) is 17.9. The first-order valence-corrected chi connectivity index (χ1v) is 12.2. The lowest BCUT2D eigenvalue weighted by atomic mass is 10.2. The smallest absolute Gasteiger partial charge is 0.258 e. The number of carbonyl (C=O) groups excluding carboxylic acids is 1. The molecule has 0 spiro atoms. The second-order valence-electron chi connectivity index (χ2n) is 7.53. The molecule has 1 N–H and O–H groups in total. The molecular formula is C23H23NO8S. The molecular weight excluding hydrogens is 450 g/mol. The van der Waals surface area contributed by atoms with Crippen molar-refractivity contribution in [1.29, 1.82) is 0 Å². The van der Waals surface area contributed by atoms with Crippen molar-refractivity contribution in [3.05, 3.63) is 59.0 Å². The lowest BCUT2D eigenvalue weighted by molar-refractivity contribution is -0.123. The maximum absolute atomic E-state index is 12.8. The number of nitrogens with one attached hydrogen (secondary N) is 1. The molecule has 9 nitrogen and oxygen atoms in total. The van der Waals surface area contributed by atoms with E-state index in [1.54, 1.807) is 30.3 Å². The van der Waals surface area contributed by atoms with Crippen molar-refractivity contribution >= 4 is 26.7 Å². The summed E-state index contributed by atoms with van der Waals surface area (Å²) in [6, 6.07) is 11.2. The molecule has 10 heteroatoms. The fourth-order valence-electron chi connectivity index (χ4n) is 3.51. The number of amides is 1. The minimum absolute atomic E-state index is 0.00853. The van der Waals surface area contributed by atoms with Gasteiger partial charge in [-0.3, -0.25) is 9.59 Å². The van der Waals surface area contributed by atoms with Crippen LogP contribution in [0.5, 0.6) is 23.0 Å². The van der Waals surface area contributed by atoms with Gasteiger partial charge in [-0.15, -0.1) is 0 Å². The highest BCUT2D eigenvalue weighted by Gasteiger charge is 2.28. The van der Waals surface area contributed by atoms with Gasteiger partial charge in [0.15, 0.2) is 27.9 Å². The molecule has 0 radical (unpaired) electrons. The van der Waals surface area contributed by atoms with E-state index < -0.39 is 21.8 Å². The first kappa shape index (κ1) is 22.7. The molecule has 2 heterocycles. The Hall–Kier alpha value is -3.53. The van der Waals surface area contributed by atoms with Crippen LogP contribution in [0.25, 0.3) is 11.0 Å². The number of benzene rings is 2. The molecule has 3 aromatic rings. The second kappa shape index (κ2) is 9.53. The summed E-state index contributed by atoms with van der Waals surface area (Å²) in [5, 5.41) is 2.94. The Labute approximate surface area is 190 Å². The molecule has 0 saturated carbocycles. The summed E-state index contributed by atoms with van der Waals surface area (Å²) in [6.07, 6.45) is 1.61. The van der Waals surface area contributed by atoms with E-state index in [0.29, 0.717) is 30.3 Å². The van der Waals surface area contributed by atoms with Crippen LogP contribution < -0.4 is 25.0 Å². The topological polar surface area (TPSA) is 121 Å². The molecule has 174 valence electrons. The van der Waals surface area contributed by atoms with Gasteiger partial charge in [-0.25, -0.2) is 8.42 Å². The van der Waals surface area contributed by atoms with E-state index in [9.17, 15) is 18.0 Å².